The number of nitrogens with zero attached hydrogens (tertiary/aromatic N) is 3. The third-order valence-electron chi connectivity index (χ3n) is 3.82. The first-order valence-corrected chi connectivity index (χ1v) is 7.20. The average Bonchev–Trinajstić information content (AvgIpc) is 3.32. The first-order chi connectivity index (χ1) is 10.7. The monoisotopic (exact) mass is 294 g/mol. The summed E-state index contributed by atoms with van der Waals surface area (Å²) in [7, 11) is 0. The van der Waals surface area contributed by atoms with Crippen LogP contribution in [0.3, 0.4) is 0 Å². The molecular weight excluding hydrogens is 280 g/mol. The lowest BCUT2D eigenvalue weighted by atomic mass is 10.1. The number of carbonyl (C=O) groups is 1. The molecule has 110 valence electrons. The lowest BCUT2D eigenvalue weighted by Crippen LogP contribution is -2.13. The molecule has 1 fully saturated rings. The molecular formula is C16H14N4O2. The highest BCUT2D eigenvalue weighted by molar-refractivity contribution is 6.12. The van der Waals surface area contributed by atoms with Gasteiger partial charge in [-0.25, -0.2) is 4.98 Å². The van der Waals surface area contributed by atoms with E-state index in [9.17, 15) is 4.79 Å². The van der Waals surface area contributed by atoms with E-state index in [1.807, 2.05) is 13.0 Å². The second-order valence-corrected chi connectivity index (χ2v) is 5.51. The van der Waals surface area contributed by atoms with Gasteiger partial charge in [-0.3, -0.25) is 9.78 Å². The summed E-state index contributed by atoms with van der Waals surface area (Å²) >= 11 is 0. The number of aryl methyl sites for hydroxylation is 1. The Kier molecular flexibility index (Phi) is 2.89. The van der Waals surface area contributed by atoms with Crippen LogP contribution in [0.2, 0.25) is 0 Å². The van der Waals surface area contributed by atoms with Crippen molar-refractivity contribution in [3.05, 3.63) is 47.5 Å². The van der Waals surface area contributed by atoms with E-state index in [4.69, 9.17) is 4.52 Å². The van der Waals surface area contributed by atoms with Gasteiger partial charge in [0.25, 0.3) is 11.6 Å². The SMILES string of the molecule is Cc1noc2nc(C3CC3)cc(C(=O)Nc3ccncc3)c12. The summed E-state index contributed by atoms with van der Waals surface area (Å²) in [5.41, 5.74) is 3.27. The number of hydrogen-bond donors (Lipinski definition) is 1. The maximum Gasteiger partial charge on any atom is 0.259 e. The van der Waals surface area contributed by atoms with Crippen LogP contribution >= 0.6 is 0 Å². The van der Waals surface area contributed by atoms with Gasteiger partial charge in [-0.2, -0.15) is 0 Å². The maximum atomic E-state index is 12.6. The van der Waals surface area contributed by atoms with E-state index in [1.54, 1.807) is 24.5 Å². The number of hydrogen-bond acceptors (Lipinski definition) is 5. The molecule has 3 aromatic heterocycles. The number of pyridine rings is 2. The van der Waals surface area contributed by atoms with Crippen LogP contribution in [0, 0.1) is 6.92 Å². The predicted octanol–water partition coefficient (Wildman–Crippen LogP) is 3.06. The number of nitrogens with one attached hydrogen (secondary N) is 1. The molecule has 22 heavy (non-hydrogen) atoms. The van der Waals surface area contributed by atoms with Crippen molar-refractivity contribution in [2.75, 3.05) is 5.32 Å². The van der Waals surface area contributed by atoms with Crippen molar-refractivity contribution in [2.45, 2.75) is 25.7 Å². The van der Waals surface area contributed by atoms with E-state index in [0.717, 1.165) is 18.5 Å². The Bertz CT molecular complexity index is 853. The van der Waals surface area contributed by atoms with Crippen LogP contribution in [-0.4, -0.2) is 21.0 Å². The van der Waals surface area contributed by atoms with Crippen molar-refractivity contribution in [1.82, 2.24) is 15.1 Å². The van der Waals surface area contributed by atoms with Crippen LogP contribution in [0.15, 0.2) is 35.1 Å². The molecule has 4 rings (SSSR count). The van der Waals surface area contributed by atoms with Crippen LogP contribution in [0.25, 0.3) is 11.1 Å². The standard InChI is InChI=1S/C16H14N4O2/c1-9-14-12(15(21)18-11-4-6-17-7-5-11)8-13(10-2-3-10)19-16(14)22-20-9/h4-8,10H,2-3H2,1H3,(H,17,18,21). The molecule has 3 heterocycles. The first kappa shape index (κ1) is 12.9. The summed E-state index contributed by atoms with van der Waals surface area (Å²) in [6.45, 7) is 1.81. The van der Waals surface area contributed by atoms with Crippen LogP contribution in [-0.2, 0) is 0 Å². The van der Waals surface area contributed by atoms with Gasteiger partial charge in [-0.1, -0.05) is 5.16 Å². The van der Waals surface area contributed by atoms with Gasteiger partial charge in [0.05, 0.1) is 16.6 Å². The number of rotatable bonds is 3. The third-order valence-corrected chi connectivity index (χ3v) is 3.82. The van der Waals surface area contributed by atoms with E-state index >= 15 is 0 Å². The highest BCUT2D eigenvalue weighted by atomic mass is 16.5. The largest absolute Gasteiger partial charge is 0.336 e. The van der Waals surface area contributed by atoms with Crippen LogP contribution in [0.4, 0.5) is 5.69 Å². The Hall–Kier alpha value is -2.76. The van der Waals surface area contributed by atoms with Crippen molar-refractivity contribution >= 4 is 22.7 Å². The quantitative estimate of drug-likeness (QED) is 0.803. The number of aromatic nitrogens is 3. The third kappa shape index (κ3) is 2.22. The average molecular weight is 294 g/mol. The molecule has 0 radical (unpaired) electrons. The van der Waals surface area contributed by atoms with Crippen LogP contribution in [0.1, 0.15) is 40.5 Å². The molecule has 0 bridgehead atoms. The highest BCUT2D eigenvalue weighted by Gasteiger charge is 2.28. The molecule has 0 saturated heterocycles. The van der Waals surface area contributed by atoms with E-state index in [2.05, 4.69) is 20.4 Å². The molecule has 0 atom stereocenters. The molecule has 0 spiro atoms. The van der Waals surface area contributed by atoms with Gasteiger partial charge in [-0.05, 0) is 38.0 Å². The molecule has 1 aliphatic carbocycles. The second-order valence-electron chi connectivity index (χ2n) is 5.51. The predicted molar refractivity (Wildman–Crippen MR) is 80.7 cm³/mol. The first-order valence-electron chi connectivity index (χ1n) is 7.20. The molecule has 6 heteroatoms. The van der Waals surface area contributed by atoms with E-state index < -0.39 is 0 Å². The normalized spacial score (nSPS) is 14.2. The smallest absolute Gasteiger partial charge is 0.259 e. The molecule has 0 unspecified atom stereocenters. The zero-order valence-electron chi connectivity index (χ0n) is 12.0. The minimum absolute atomic E-state index is 0.188. The van der Waals surface area contributed by atoms with Crippen molar-refractivity contribution in [1.29, 1.82) is 0 Å². The molecule has 1 saturated carbocycles. The van der Waals surface area contributed by atoms with Gasteiger partial charge in [-0.15, -0.1) is 0 Å². The van der Waals surface area contributed by atoms with Crippen LogP contribution < -0.4 is 5.32 Å². The number of amides is 1. The molecule has 6 nitrogen and oxygen atoms in total. The molecule has 1 amide bonds. The van der Waals surface area contributed by atoms with Gasteiger partial charge < -0.3 is 9.84 Å². The van der Waals surface area contributed by atoms with Crippen molar-refractivity contribution in [3.8, 4) is 0 Å². The van der Waals surface area contributed by atoms with E-state index in [1.165, 1.54) is 0 Å². The summed E-state index contributed by atoms with van der Waals surface area (Å²) in [4.78, 5) is 21.1. The molecule has 0 aliphatic heterocycles. The Balaban J connectivity index is 1.78. The Labute approximate surface area is 126 Å². The summed E-state index contributed by atoms with van der Waals surface area (Å²) in [5, 5.41) is 7.49. The van der Waals surface area contributed by atoms with Crippen molar-refractivity contribution < 1.29 is 9.32 Å². The van der Waals surface area contributed by atoms with Crippen molar-refractivity contribution in [3.63, 3.8) is 0 Å². The van der Waals surface area contributed by atoms with Gasteiger partial charge >= 0.3 is 0 Å². The lowest BCUT2D eigenvalue weighted by molar-refractivity contribution is 0.102. The zero-order chi connectivity index (χ0) is 15.1. The number of anilines is 1. The Morgan fingerprint density at radius 2 is 2.09 bits per heavy atom. The summed E-state index contributed by atoms with van der Waals surface area (Å²) in [6.07, 6.45) is 5.49. The highest BCUT2D eigenvalue weighted by Crippen LogP contribution is 2.40. The molecule has 1 N–H and O–H groups in total. The summed E-state index contributed by atoms with van der Waals surface area (Å²) in [5.74, 6) is 0.245. The number of carbonyl (C=O) groups excluding carboxylic acids is 1. The van der Waals surface area contributed by atoms with Gasteiger partial charge in [0.1, 0.15) is 0 Å². The molecule has 0 aromatic carbocycles. The van der Waals surface area contributed by atoms with E-state index in [-0.39, 0.29) is 5.91 Å². The Morgan fingerprint density at radius 3 is 2.82 bits per heavy atom. The lowest BCUT2D eigenvalue weighted by Gasteiger charge is -2.07. The van der Waals surface area contributed by atoms with Gasteiger partial charge in [0, 0.05) is 29.7 Å². The molecule has 3 aromatic rings. The van der Waals surface area contributed by atoms with E-state index in [0.29, 0.717) is 34.0 Å². The minimum Gasteiger partial charge on any atom is -0.336 e. The zero-order valence-corrected chi connectivity index (χ0v) is 12.0. The fraction of sp³-hybridized carbons (Fsp3) is 0.250. The Morgan fingerprint density at radius 1 is 1.32 bits per heavy atom. The summed E-state index contributed by atoms with van der Waals surface area (Å²) < 4.78 is 5.26. The second kappa shape index (κ2) is 4.91. The summed E-state index contributed by atoms with van der Waals surface area (Å²) in [6, 6.07) is 5.36. The van der Waals surface area contributed by atoms with Crippen molar-refractivity contribution in [2.24, 2.45) is 0 Å². The topological polar surface area (TPSA) is 80.9 Å². The van der Waals surface area contributed by atoms with Crippen LogP contribution in [0.5, 0.6) is 0 Å². The maximum absolute atomic E-state index is 12.6. The fourth-order valence-corrected chi connectivity index (χ4v) is 2.51. The van der Waals surface area contributed by atoms with Gasteiger partial charge in [0.15, 0.2) is 0 Å². The fourth-order valence-electron chi connectivity index (χ4n) is 2.51. The minimum atomic E-state index is -0.188. The van der Waals surface area contributed by atoms with Gasteiger partial charge in [0.2, 0.25) is 0 Å². The number of fused-ring (bicyclic) bond motifs is 1. The molecule has 1 aliphatic rings.